The molecule has 1 aromatic heterocycles. The fourth-order valence-corrected chi connectivity index (χ4v) is 2.61. The Hall–Kier alpha value is -0.400. The van der Waals surface area contributed by atoms with Crippen LogP contribution >= 0.6 is 8.58 Å². The molecule has 1 aliphatic rings. The fourth-order valence-electron chi connectivity index (χ4n) is 1.80. The van der Waals surface area contributed by atoms with Crippen LogP contribution in [0, 0.1) is 0 Å². The summed E-state index contributed by atoms with van der Waals surface area (Å²) in [6, 6.07) is 2.33. The highest BCUT2D eigenvalue weighted by atomic mass is 31.1. The second-order valence-electron chi connectivity index (χ2n) is 4.09. The number of hydrogen-bond acceptors (Lipinski definition) is 2. The van der Waals surface area contributed by atoms with E-state index in [1.165, 1.54) is 30.1 Å². The van der Waals surface area contributed by atoms with Crippen LogP contribution in [0.15, 0.2) is 6.07 Å². The van der Waals surface area contributed by atoms with Crippen LogP contribution in [0.5, 0.6) is 0 Å². The lowest BCUT2D eigenvalue weighted by molar-refractivity contribution is 0.564. The molecule has 1 N–H and O–H groups in total. The van der Waals surface area contributed by atoms with Gasteiger partial charge in [0, 0.05) is 18.2 Å². The molecule has 17 heavy (non-hydrogen) atoms. The Morgan fingerprint density at radius 2 is 2.18 bits per heavy atom. The molecule has 0 spiro atoms. The Morgan fingerprint density at radius 3 is 2.71 bits per heavy atom. The van der Waals surface area contributed by atoms with Crippen molar-refractivity contribution in [2.24, 2.45) is 0 Å². The Labute approximate surface area is 107 Å². The van der Waals surface area contributed by atoms with Gasteiger partial charge in [-0.15, -0.1) is 0 Å². The van der Waals surface area contributed by atoms with Gasteiger partial charge in [0.1, 0.15) is 0 Å². The van der Waals surface area contributed by atoms with Crippen molar-refractivity contribution >= 4 is 14.0 Å². The third-order valence-electron chi connectivity index (χ3n) is 2.74. The number of likely N-dealkylation sites (N-methyl/N-ethyl adjacent to an activating group) is 1. The van der Waals surface area contributed by atoms with Gasteiger partial charge < -0.3 is 5.32 Å². The summed E-state index contributed by atoms with van der Waals surface area (Å²) in [4.78, 5) is 0. The Morgan fingerprint density at radius 1 is 1.47 bits per heavy atom. The molecule has 98 valence electrons. The molecule has 2 rings (SSSR count). The highest BCUT2D eigenvalue weighted by Gasteiger charge is 2.27. The van der Waals surface area contributed by atoms with Gasteiger partial charge in [-0.1, -0.05) is 29.4 Å². The topological polar surface area (TPSA) is 29.9 Å². The minimum atomic E-state index is 0.810. The SMILES string of the molecule is CC.CCPc1cc(C2CC2)n(CCNC)n1. The first-order valence-corrected chi connectivity index (χ1v) is 8.02. The highest BCUT2D eigenvalue weighted by Crippen LogP contribution is 2.39. The smallest absolute Gasteiger partial charge is 0.0822 e. The van der Waals surface area contributed by atoms with Gasteiger partial charge in [0.25, 0.3) is 0 Å². The van der Waals surface area contributed by atoms with Crippen LogP contribution in [-0.4, -0.2) is 29.5 Å². The van der Waals surface area contributed by atoms with Gasteiger partial charge in [0.15, 0.2) is 0 Å². The Balaban J connectivity index is 0.000000686. The predicted octanol–water partition coefficient (Wildman–Crippen LogP) is 2.33. The van der Waals surface area contributed by atoms with Gasteiger partial charge in [-0.25, -0.2) is 0 Å². The van der Waals surface area contributed by atoms with Gasteiger partial charge in [-0.05, 0) is 32.1 Å². The van der Waals surface area contributed by atoms with Gasteiger partial charge in [-0.2, -0.15) is 5.10 Å². The van der Waals surface area contributed by atoms with Crippen molar-refractivity contribution in [2.45, 2.75) is 46.1 Å². The Bertz CT molecular complexity index is 318. The van der Waals surface area contributed by atoms with Crippen molar-refractivity contribution < 1.29 is 0 Å². The summed E-state index contributed by atoms with van der Waals surface area (Å²) in [5, 5.41) is 7.87. The van der Waals surface area contributed by atoms with Crippen LogP contribution in [0.2, 0.25) is 0 Å². The van der Waals surface area contributed by atoms with Gasteiger partial charge in [-0.3, -0.25) is 4.68 Å². The fraction of sp³-hybridized carbons (Fsp3) is 0.769. The van der Waals surface area contributed by atoms with Crippen molar-refractivity contribution in [3.63, 3.8) is 0 Å². The number of nitrogens with zero attached hydrogens (tertiary/aromatic N) is 2. The summed E-state index contributed by atoms with van der Waals surface area (Å²) < 4.78 is 2.21. The van der Waals surface area contributed by atoms with E-state index in [-0.39, 0.29) is 0 Å². The summed E-state index contributed by atoms with van der Waals surface area (Å²) in [6.07, 6.45) is 3.94. The number of rotatable bonds is 6. The van der Waals surface area contributed by atoms with Gasteiger partial charge in [0.05, 0.1) is 12.0 Å². The van der Waals surface area contributed by atoms with Crippen LogP contribution in [0.25, 0.3) is 0 Å². The molecule has 0 aliphatic heterocycles. The van der Waals surface area contributed by atoms with Crippen molar-refractivity contribution in [2.75, 3.05) is 19.8 Å². The average molecular weight is 255 g/mol. The molecule has 4 heteroatoms. The third kappa shape index (κ3) is 4.40. The lowest BCUT2D eigenvalue weighted by Gasteiger charge is -2.05. The molecule has 1 aromatic rings. The van der Waals surface area contributed by atoms with Crippen molar-refractivity contribution in [1.29, 1.82) is 0 Å². The second-order valence-corrected chi connectivity index (χ2v) is 5.66. The molecule has 0 saturated heterocycles. The molecule has 0 radical (unpaired) electrons. The van der Waals surface area contributed by atoms with E-state index in [1.807, 2.05) is 20.9 Å². The maximum atomic E-state index is 4.69. The van der Waals surface area contributed by atoms with E-state index in [0.29, 0.717) is 0 Å². The van der Waals surface area contributed by atoms with Crippen LogP contribution in [0.4, 0.5) is 0 Å². The first-order chi connectivity index (χ1) is 8.35. The quantitative estimate of drug-likeness (QED) is 0.791. The molecule has 0 aromatic carbocycles. The molecule has 1 heterocycles. The molecule has 0 amide bonds. The average Bonchev–Trinajstić information content (AvgIpc) is 3.13. The van der Waals surface area contributed by atoms with E-state index in [2.05, 4.69) is 28.1 Å². The lowest BCUT2D eigenvalue weighted by atomic mass is 10.3. The monoisotopic (exact) mass is 255 g/mol. The van der Waals surface area contributed by atoms with E-state index in [4.69, 9.17) is 0 Å². The second kappa shape index (κ2) is 7.84. The maximum absolute atomic E-state index is 4.69. The number of nitrogens with one attached hydrogen (secondary N) is 1. The molecule has 1 fully saturated rings. The molecule has 1 atom stereocenters. The van der Waals surface area contributed by atoms with Crippen molar-refractivity contribution in [3.8, 4) is 0 Å². The lowest BCUT2D eigenvalue weighted by Crippen LogP contribution is -2.18. The first-order valence-electron chi connectivity index (χ1n) is 6.81. The summed E-state index contributed by atoms with van der Waals surface area (Å²) >= 11 is 0. The number of aromatic nitrogens is 2. The molecule has 1 saturated carbocycles. The van der Waals surface area contributed by atoms with Crippen LogP contribution in [0.3, 0.4) is 0 Å². The van der Waals surface area contributed by atoms with Crippen molar-refractivity contribution in [1.82, 2.24) is 15.1 Å². The summed E-state index contributed by atoms with van der Waals surface area (Å²) in [7, 11) is 2.87. The van der Waals surface area contributed by atoms with Crippen molar-refractivity contribution in [3.05, 3.63) is 11.8 Å². The standard InChI is InChI=1S/C11H20N3P.C2H6/c1-3-15-11-8-10(9-4-5-9)14(13-11)7-6-12-2;1-2/h8-9,12,15H,3-7H2,1-2H3;1-2H3. The zero-order valence-corrected chi connectivity index (χ0v) is 12.6. The Kier molecular flexibility index (Phi) is 6.76. The molecular formula is C13H26N3P. The minimum absolute atomic E-state index is 0.810. The minimum Gasteiger partial charge on any atom is -0.318 e. The van der Waals surface area contributed by atoms with Gasteiger partial charge in [0.2, 0.25) is 0 Å². The first kappa shape index (κ1) is 14.7. The third-order valence-corrected chi connectivity index (χ3v) is 3.70. The van der Waals surface area contributed by atoms with E-state index < -0.39 is 0 Å². The highest BCUT2D eigenvalue weighted by molar-refractivity contribution is 7.46. The van der Waals surface area contributed by atoms with Crippen LogP contribution in [0.1, 0.15) is 45.2 Å². The van der Waals surface area contributed by atoms with E-state index in [0.717, 1.165) is 27.6 Å². The zero-order valence-electron chi connectivity index (χ0n) is 11.6. The van der Waals surface area contributed by atoms with E-state index in [1.54, 1.807) is 0 Å². The molecule has 3 nitrogen and oxygen atoms in total. The molecular weight excluding hydrogens is 229 g/mol. The summed E-state index contributed by atoms with van der Waals surface area (Å²) in [5.74, 6) is 0.810. The number of hydrogen-bond donors (Lipinski definition) is 1. The molecule has 0 bridgehead atoms. The zero-order chi connectivity index (χ0) is 12.7. The van der Waals surface area contributed by atoms with Crippen LogP contribution in [-0.2, 0) is 6.54 Å². The molecule has 1 unspecified atom stereocenters. The maximum Gasteiger partial charge on any atom is 0.0822 e. The van der Waals surface area contributed by atoms with E-state index >= 15 is 0 Å². The molecule has 1 aliphatic carbocycles. The van der Waals surface area contributed by atoms with E-state index in [9.17, 15) is 0 Å². The summed E-state index contributed by atoms with van der Waals surface area (Å²) in [6.45, 7) is 8.24. The predicted molar refractivity (Wildman–Crippen MR) is 78.0 cm³/mol. The van der Waals surface area contributed by atoms with Crippen LogP contribution < -0.4 is 10.8 Å². The van der Waals surface area contributed by atoms with Gasteiger partial charge >= 0.3 is 0 Å². The summed E-state index contributed by atoms with van der Waals surface area (Å²) in [5.41, 5.74) is 2.77. The largest absolute Gasteiger partial charge is 0.318 e. The normalized spacial score (nSPS) is 15.1.